The molecule has 0 atom stereocenters. The van der Waals surface area contributed by atoms with Crippen LogP contribution in [0.4, 0.5) is 11.4 Å². The molecule has 2 amide bonds. The third kappa shape index (κ3) is 6.77. The first-order valence-electron chi connectivity index (χ1n) is 8.98. The van der Waals surface area contributed by atoms with Crippen molar-refractivity contribution in [3.63, 3.8) is 0 Å². The lowest BCUT2D eigenvalue weighted by molar-refractivity contribution is -0.115. The second-order valence-electron chi connectivity index (χ2n) is 6.95. The monoisotopic (exact) mass is 468 g/mol. The van der Waals surface area contributed by atoms with Gasteiger partial charge in [-0.2, -0.15) is 0 Å². The van der Waals surface area contributed by atoms with Gasteiger partial charge in [-0.1, -0.05) is 12.1 Å². The van der Waals surface area contributed by atoms with Crippen LogP contribution in [0.1, 0.15) is 15.9 Å². The highest BCUT2D eigenvalue weighted by Gasteiger charge is 2.19. The molecule has 168 valence electrons. The van der Waals surface area contributed by atoms with Crippen molar-refractivity contribution in [2.24, 2.45) is 0 Å². The molecule has 0 aromatic heterocycles. The maximum absolute atomic E-state index is 12.3. The molecule has 0 aliphatic heterocycles. The van der Waals surface area contributed by atoms with E-state index in [9.17, 15) is 26.4 Å². The molecule has 0 saturated carbocycles. The van der Waals surface area contributed by atoms with E-state index < -0.39 is 31.9 Å². The molecular formula is C19H24N4O6S2. The lowest BCUT2D eigenvalue weighted by Crippen LogP contribution is -2.33. The van der Waals surface area contributed by atoms with E-state index in [0.717, 1.165) is 10.6 Å². The maximum Gasteiger partial charge on any atom is 0.251 e. The first kappa shape index (κ1) is 24.3. The summed E-state index contributed by atoms with van der Waals surface area (Å²) in [5.41, 5.74) is 1.42. The fraction of sp³-hybridized carbons (Fsp3) is 0.263. The van der Waals surface area contributed by atoms with Crippen LogP contribution < -0.4 is 15.4 Å². The second-order valence-corrected chi connectivity index (χ2v) is 10.9. The van der Waals surface area contributed by atoms with Gasteiger partial charge in [0.25, 0.3) is 5.91 Å². The molecule has 31 heavy (non-hydrogen) atoms. The Morgan fingerprint density at radius 1 is 1.00 bits per heavy atom. The number of amides is 2. The summed E-state index contributed by atoms with van der Waals surface area (Å²) in [7, 11) is -4.42. The molecular weight excluding hydrogens is 444 g/mol. The quantitative estimate of drug-likeness (QED) is 0.527. The van der Waals surface area contributed by atoms with E-state index in [2.05, 4.69) is 15.4 Å². The van der Waals surface area contributed by atoms with Crippen molar-refractivity contribution < 1.29 is 26.4 Å². The number of carbonyl (C=O) groups excluding carboxylic acids is 2. The number of rotatable bonds is 8. The molecule has 2 aromatic carbocycles. The van der Waals surface area contributed by atoms with Gasteiger partial charge in [0.05, 0.1) is 23.4 Å². The largest absolute Gasteiger partial charge is 0.343 e. The van der Waals surface area contributed by atoms with Crippen LogP contribution in [0.25, 0.3) is 0 Å². The normalized spacial score (nSPS) is 11.8. The lowest BCUT2D eigenvalue weighted by Gasteiger charge is -2.13. The zero-order chi connectivity index (χ0) is 23.4. The lowest BCUT2D eigenvalue weighted by atomic mass is 10.2. The average Bonchev–Trinajstić information content (AvgIpc) is 2.67. The molecule has 10 nitrogen and oxygen atoms in total. The second kappa shape index (κ2) is 9.45. The van der Waals surface area contributed by atoms with E-state index in [1.807, 2.05) is 0 Å². The van der Waals surface area contributed by atoms with E-state index >= 15 is 0 Å². The first-order valence-corrected chi connectivity index (χ1v) is 12.3. The molecule has 0 aliphatic rings. The molecule has 0 aliphatic carbocycles. The van der Waals surface area contributed by atoms with Gasteiger partial charge in [-0.05, 0) is 42.8 Å². The van der Waals surface area contributed by atoms with Crippen LogP contribution in [0.3, 0.4) is 0 Å². The highest BCUT2D eigenvalue weighted by molar-refractivity contribution is 7.92. The fourth-order valence-electron chi connectivity index (χ4n) is 2.49. The molecule has 0 fully saturated rings. The van der Waals surface area contributed by atoms with Gasteiger partial charge < -0.3 is 10.6 Å². The van der Waals surface area contributed by atoms with Crippen LogP contribution in [0, 0.1) is 6.92 Å². The summed E-state index contributed by atoms with van der Waals surface area (Å²) in [6.45, 7) is 1.34. The summed E-state index contributed by atoms with van der Waals surface area (Å²) in [5, 5.41) is 4.98. The van der Waals surface area contributed by atoms with E-state index in [0.29, 0.717) is 16.9 Å². The van der Waals surface area contributed by atoms with E-state index in [-0.39, 0.29) is 17.0 Å². The van der Waals surface area contributed by atoms with Gasteiger partial charge in [-0.25, -0.2) is 21.1 Å². The molecule has 12 heteroatoms. The van der Waals surface area contributed by atoms with Crippen molar-refractivity contribution in [1.29, 1.82) is 0 Å². The minimum Gasteiger partial charge on any atom is -0.343 e. The topological polar surface area (TPSA) is 142 Å². The number of aryl methyl sites for hydroxylation is 1. The van der Waals surface area contributed by atoms with E-state index in [1.165, 1.54) is 44.4 Å². The number of sulfonamides is 2. The molecule has 0 radical (unpaired) electrons. The number of nitrogens with zero attached hydrogens (tertiary/aromatic N) is 1. The van der Waals surface area contributed by atoms with Crippen LogP contribution in [-0.2, 0) is 24.8 Å². The fourth-order valence-corrected chi connectivity index (χ4v) is 4.05. The molecule has 0 spiro atoms. The van der Waals surface area contributed by atoms with Crippen LogP contribution in [-0.4, -0.2) is 59.9 Å². The summed E-state index contributed by atoms with van der Waals surface area (Å²) >= 11 is 0. The third-order valence-electron chi connectivity index (χ3n) is 4.10. The van der Waals surface area contributed by atoms with Gasteiger partial charge in [-0.15, -0.1) is 0 Å². The summed E-state index contributed by atoms with van der Waals surface area (Å²) in [5.74, 6) is -1.16. The zero-order valence-electron chi connectivity index (χ0n) is 17.5. The van der Waals surface area contributed by atoms with Gasteiger partial charge in [-0.3, -0.25) is 14.3 Å². The smallest absolute Gasteiger partial charge is 0.251 e. The highest BCUT2D eigenvalue weighted by Crippen LogP contribution is 2.21. The summed E-state index contributed by atoms with van der Waals surface area (Å²) < 4.78 is 50.7. The van der Waals surface area contributed by atoms with Crippen molar-refractivity contribution in [3.05, 3.63) is 53.6 Å². The minimum absolute atomic E-state index is 0.0415. The Kier molecular flexibility index (Phi) is 7.41. The number of anilines is 2. The Hall–Kier alpha value is -2.96. The Morgan fingerprint density at radius 2 is 1.68 bits per heavy atom. The molecule has 2 rings (SSSR count). The van der Waals surface area contributed by atoms with E-state index in [4.69, 9.17) is 0 Å². The number of carbonyl (C=O) groups is 2. The molecule has 3 N–H and O–H groups in total. The summed E-state index contributed by atoms with van der Waals surface area (Å²) in [4.78, 5) is 24.5. The minimum atomic E-state index is -3.70. The molecule has 2 aromatic rings. The molecule has 0 unspecified atom stereocenters. The average molecular weight is 469 g/mol. The summed E-state index contributed by atoms with van der Waals surface area (Å²) in [6, 6.07) is 10.2. The van der Waals surface area contributed by atoms with Crippen molar-refractivity contribution in [1.82, 2.24) is 9.62 Å². The first-order chi connectivity index (χ1) is 14.3. The third-order valence-corrected chi connectivity index (χ3v) is 6.50. The van der Waals surface area contributed by atoms with Gasteiger partial charge in [0.1, 0.15) is 0 Å². The van der Waals surface area contributed by atoms with Crippen LogP contribution in [0.15, 0.2) is 47.4 Å². The molecule has 0 heterocycles. The predicted octanol–water partition coefficient (Wildman–Crippen LogP) is 0.985. The van der Waals surface area contributed by atoms with Crippen molar-refractivity contribution >= 4 is 43.2 Å². The number of hydrogen-bond donors (Lipinski definition) is 3. The Labute approximate surface area is 181 Å². The maximum atomic E-state index is 12.3. The Balaban J connectivity index is 2.04. The Morgan fingerprint density at radius 3 is 2.29 bits per heavy atom. The molecule has 0 saturated heterocycles. The standard InChI is InChI=1S/C19H24N4O6S2/c1-13-8-9-15(11-17(13)22-30(4,26)27)21-18(24)12-20-19(25)14-6-5-7-16(10-14)31(28,29)23(2)3/h5-11,22H,12H2,1-4H3,(H,20,25)(H,21,24). The molecule has 0 bridgehead atoms. The zero-order valence-corrected chi connectivity index (χ0v) is 19.1. The Bertz CT molecular complexity index is 1210. The van der Waals surface area contributed by atoms with Crippen LogP contribution >= 0.6 is 0 Å². The van der Waals surface area contributed by atoms with Crippen molar-refractivity contribution in [3.8, 4) is 0 Å². The van der Waals surface area contributed by atoms with Gasteiger partial charge in [0.2, 0.25) is 26.0 Å². The van der Waals surface area contributed by atoms with Crippen molar-refractivity contribution in [2.45, 2.75) is 11.8 Å². The summed E-state index contributed by atoms with van der Waals surface area (Å²) in [6.07, 6.45) is 1.02. The number of benzene rings is 2. The van der Waals surface area contributed by atoms with Crippen LogP contribution in [0.2, 0.25) is 0 Å². The van der Waals surface area contributed by atoms with Gasteiger partial charge >= 0.3 is 0 Å². The SMILES string of the molecule is Cc1ccc(NC(=O)CNC(=O)c2cccc(S(=O)(=O)N(C)C)c2)cc1NS(C)(=O)=O. The predicted molar refractivity (Wildman–Crippen MR) is 118 cm³/mol. The van der Waals surface area contributed by atoms with Crippen molar-refractivity contribution in [2.75, 3.05) is 36.9 Å². The van der Waals surface area contributed by atoms with Gasteiger partial charge in [0, 0.05) is 25.3 Å². The van der Waals surface area contributed by atoms with E-state index in [1.54, 1.807) is 19.1 Å². The number of nitrogens with one attached hydrogen (secondary N) is 3. The van der Waals surface area contributed by atoms with Crippen LogP contribution in [0.5, 0.6) is 0 Å². The number of hydrogen-bond acceptors (Lipinski definition) is 6. The highest BCUT2D eigenvalue weighted by atomic mass is 32.2. The van der Waals surface area contributed by atoms with Gasteiger partial charge in [0.15, 0.2) is 0 Å².